The Morgan fingerprint density at radius 3 is 2.56 bits per heavy atom. The topological polar surface area (TPSA) is 133 Å². The van der Waals surface area contributed by atoms with E-state index in [9.17, 15) is 9.59 Å². The molecule has 12 nitrogen and oxygen atoms in total. The molecular weight excluding hydrogens is 546 g/mol. The fraction of sp³-hybridized carbons (Fsp3) is 0.452. The SMILES string of the molecule is Cn1cc(Nc2nccc(-c3ccc4c(c3)CN(C(=O)OC(C)(C)C)CC[C@H]4CC(=O)c3cn(C(C)(C)C)nn3)n2)cn1. The number of carbonyl (C=O) groups is 2. The Kier molecular flexibility index (Phi) is 8.04. The van der Waals surface area contributed by atoms with Gasteiger partial charge in [-0.3, -0.25) is 9.48 Å². The molecule has 226 valence electrons. The minimum Gasteiger partial charge on any atom is -0.444 e. The third-order valence-corrected chi connectivity index (χ3v) is 7.15. The van der Waals surface area contributed by atoms with E-state index in [2.05, 4.69) is 25.7 Å². The molecule has 0 unspecified atom stereocenters. The molecule has 1 N–H and O–H groups in total. The van der Waals surface area contributed by atoms with E-state index in [1.54, 1.807) is 32.9 Å². The van der Waals surface area contributed by atoms with Gasteiger partial charge in [0.05, 0.1) is 29.3 Å². The first-order chi connectivity index (χ1) is 20.2. The van der Waals surface area contributed by atoms with Gasteiger partial charge in [0.25, 0.3) is 0 Å². The molecule has 43 heavy (non-hydrogen) atoms. The number of Topliss-reactive ketones (excluding diaryl/α,β-unsaturated/α-hetero) is 1. The van der Waals surface area contributed by atoms with Crippen LogP contribution in [0.1, 0.15) is 81.9 Å². The van der Waals surface area contributed by atoms with Crippen LogP contribution in [-0.2, 0) is 23.9 Å². The quantitative estimate of drug-likeness (QED) is 0.293. The van der Waals surface area contributed by atoms with Gasteiger partial charge in [0, 0.05) is 44.5 Å². The lowest BCUT2D eigenvalue weighted by Gasteiger charge is -2.26. The summed E-state index contributed by atoms with van der Waals surface area (Å²) in [6.45, 7) is 12.4. The summed E-state index contributed by atoms with van der Waals surface area (Å²) in [7, 11) is 1.84. The second-order valence-electron chi connectivity index (χ2n) is 12.9. The fourth-order valence-electron chi connectivity index (χ4n) is 4.99. The summed E-state index contributed by atoms with van der Waals surface area (Å²) in [5, 5.41) is 15.7. The standard InChI is InChI=1S/C31H39N9O3/c1-30(2,3)40-19-26(36-37-40)27(41)15-20-11-13-39(29(42)43-31(4,5)6)17-22-14-21(8-9-24(20)22)25-10-12-32-28(35-25)34-23-16-33-38(7)18-23/h8-10,12,14,16,18-20H,11,13,15,17H2,1-7H3,(H,32,34,35)/t20-/m0/s1. The van der Waals surface area contributed by atoms with Crippen LogP contribution in [0.5, 0.6) is 0 Å². The van der Waals surface area contributed by atoms with Crippen molar-refractivity contribution in [2.45, 2.75) is 78.0 Å². The van der Waals surface area contributed by atoms with Gasteiger partial charge in [0.1, 0.15) is 11.3 Å². The average Bonchev–Trinajstić information content (AvgIpc) is 3.55. The second kappa shape index (κ2) is 11.6. The Morgan fingerprint density at radius 1 is 1.09 bits per heavy atom. The number of benzene rings is 1. The summed E-state index contributed by atoms with van der Waals surface area (Å²) in [6.07, 6.45) is 7.44. The molecule has 3 aromatic heterocycles. The smallest absolute Gasteiger partial charge is 0.410 e. The Balaban J connectivity index is 1.45. The summed E-state index contributed by atoms with van der Waals surface area (Å²) in [4.78, 5) is 37.4. The van der Waals surface area contributed by atoms with Crippen molar-refractivity contribution in [3.8, 4) is 11.3 Å². The molecule has 1 aliphatic heterocycles. The molecule has 12 heteroatoms. The van der Waals surface area contributed by atoms with Crippen molar-refractivity contribution in [3.63, 3.8) is 0 Å². The van der Waals surface area contributed by atoms with Gasteiger partial charge in [-0.1, -0.05) is 17.3 Å². The lowest BCUT2D eigenvalue weighted by atomic mass is 9.87. The van der Waals surface area contributed by atoms with Crippen LogP contribution in [-0.4, -0.2) is 63.7 Å². The maximum Gasteiger partial charge on any atom is 0.410 e. The first-order valence-corrected chi connectivity index (χ1v) is 14.4. The van der Waals surface area contributed by atoms with Gasteiger partial charge < -0.3 is 15.0 Å². The van der Waals surface area contributed by atoms with Crippen LogP contribution in [0, 0.1) is 0 Å². The minimum atomic E-state index is -0.624. The number of ether oxygens (including phenoxy) is 1. The van der Waals surface area contributed by atoms with E-state index in [0.717, 1.165) is 28.1 Å². The van der Waals surface area contributed by atoms with Crippen LogP contribution < -0.4 is 5.32 Å². The fourth-order valence-corrected chi connectivity index (χ4v) is 4.99. The zero-order valence-corrected chi connectivity index (χ0v) is 25.8. The van der Waals surface area contributed by atoms with E-state index in [0.29, 0.717) is 31.2 Å². The van der Waals surface area contributed by atoms with E-state index in [-0.39, 0.29) is 29.8 Å². The number of rotatable bonds is 6. The molecule has 0 fully saturated rings. The third-order valence-electron chi connectivity index (χ3n) is 7.15. The Bertz CT molecular complexity index is 1630. The van der Waals surface area contributed by atoms with Gasteiger partial charge in [-0.15, -0.1) is 5.10 Å². The predicted molar refractivity (Wildman–Crippen MR) is 162 cm³/mol. The van der Waals surface area contributed by atoms with E-state index in [1.807, 2.05) is 79.1 Å². The van der Waals surface area contributed by atoms with Crippen LogP contribution in [0.4, 0.5) is 16.4 Å². The molecule has 1 aromatic carbocycles. The molecule has 4 aromatic rings. The first-order valence-electron chi connectivity index (χ1n) is 14.4. The number of hydrogen-bond acceptors (Lipinski definition) is 9. The van der Waals surface area contributed by atoms with Crippen LogP contribution in [0.2, 0.25) is 0 Å². The van der Waals surface area contributed by atoms with Gasteiger partial charge in [0.2, 0.25) is 5.95 Å². The summed E-state index contributed by atoms with van der Waals surface area (Å²) >= 11 is 0. The summed E-state index contributed by atoms with van der Waals surface area (Å²) in [5.74, 6) is 0.253. The lowest BCUT2D eigenvalue weighted by molar-refractivity contribution is 0.0235. The highest BCUT2D eigenvalue weighted by Gasteiger charge is 2.30. The molecular formula is C31H39N9O3. The number of carbonyl (C=O) groups excluding carboxylic acids is 2. The molecule has 0 radical (unpaired) electrons. The molecule has 0 aliphatic carbocycles. The van der Waals surface area contributed by atoms with Crippen molar-refractivity contribution in [1.82, 2.24) is 39.6 Å². The number of aryl methyl sites for hydroxylation is 1. The van der Waals surface area contributed by atoms with E-state index in [4.69, 9.17) is 9.72 Å². The zero-order chi connectivity index (χ0) is 30.9. The molecule has 0 bridgehead atoms. The number of aromatic nitrogens is 7. The van der Waals surface area contributed by atoms with Crippen molar-refractivity contribution in [1.29, 1.82) is 0 Å². The van der Waals surface area contributed by atoms with Crippen LogP contribution in [0.3, 0.4) is 0 Å². The van der Waals surface area contributed by atoms with Crippen LogP contribution >= 0.6 is 0 Å². The number of fused-ring (bicyclic) bond motifs is 1. The molecule has 1 atom stereocenters. The largest absolute Gasteiger partial charge is 0.444 e. The summed E-state index contributed by atoms with van der Waals surface area (Å²) in [6, 6.07) is 7.94. The molecule has 1 amide bonds. The van der Waals surface area contributed by atoms with Crippen molar-refractivity contribution < 1.29 is 14.3 Å². The monoisotopic (exact) mass is 585 g/mol. The highest BCUT2D eigenvalue weighted by molar-refractivity contribution is 5.94. The van der Waals surface area contributed by atoms with Gasteiger partial charge >= 0.3 is 6.09 Å². The number of nitrogens with one attached hydrogen (secondary N) is 1. The molecule has 5 rings (SSSR count). The highest BCUT2D eigenvalue weighted by atomic mass is 16.6. The van der Waals surface area contributed by atoms with Crippen molar-refractivity contribution in [3.05, 3.63) is 65.9 Å². The minimum absolute atomic E-state index is 0.0804. The lowest BCUT2D eigenvalue weighted by Crippen LogP contribution is -2.36. The first kappa shape index (κ1) is 29.9. The van der Waals surface area contributed by atoms with Gasteiger partial charge in [0.15, 0.2) is 5.78 Å². The summed E-state index contributed by atoms with van der Waals surface area (Å²) in [5.41, 5.74) is 3.79. The van der Waals surface area contributed by atoms with Gasteiger partial charge in [-0.05, 0) is 77.1 Å². The number of nitrogens with zero attached hydrogens (tertiary/aromatic N) is 8. The number of hydrogen-bond donors (Lipinski definition) is 1. The molecule has 0 saturated heterocycles. The van der Waals surface area contributed by atoms with E-state index in [1.165, 1.54) is 0 Å². The predicted octanol–water partition coefficient (Wildman–Crippen LogP) is 5.46. The van der Waals surface area contributed by atoms with Crippen molar-refractivity contribution in [2.24, 2.45) is 7.05 Å². The third kappa shape index (κ3) is 7.25. The average molecular weight is 586 g/mol. The van der Waals surface area contributed by atoms with E-state index < -0.39 is 5.60 Å². The van der Waals surface area contributed by atoms with Gasteiger partial charge in [-0.2, -0.15) is 5.10 Å². The second-order valence-corrected chi connectivity index (χ2v) is 12.9. The van der Waals surface area contributed by atoms with Crippen molar-refractivity contribution >= 4 is 23.5 Å². The Hall–Kier alpha value is -4.61. The normalized spacial score (nSPS) is 15.5. The summed E-state index contributed by atoms with van der Waals surface area (Å²) < 4.78 is 9.12. The Labute approximate surface area is 251 Å². The number of anilines is 2. The van der Waals surface area contributed by atoms with Crippen LogP contribution in [0.15, 0.2) is 49.1 Å². The molecule has 0 spiro atoms. The zero-order valence-electron chi connectivity index (χ0n) is 25.8. The van der Waals surface area contributed by atoms with E-state index >= 15 is 0 Å². The van der Waals surface area contributed by atoms with Crippen molar-refractivity contribution in [2.75, 3.05) is 11.9 Å². The van der Waals surface area contributed by atoms with Gasteiger partial charge in [-0.25, -0.2) is 19.4 Å². The van der Waals surface area contributed by atoms with Crippen LogP contribution in [0.25, 0.3) is 11.3 Å². The Morgan fingerprint density at radius 2 is 1.88 bits per heavy atom. The maximum absolute atomic E-state index is 13.4. The molecule has 4 heterocycles. The molecule has 1 aliphatic rings. The number of ketones is 1. The number of amides is 1. The molecule has 0 saturated carbocycles. The highest BCUT2D eigenvalue weighted by Crippen LogP contribution is 2.35. The maximum atomic E-state index is 13.4.